The van der Waals surface area contributed by atoms with Gasteiger partial charge in [0.25, 0.3) is 0 Å². The van der Waals surface area contributed by atoms with Crippen LogP contribution in [0.5, 0.6) is 0 Å². The van der Waals surface area contributed by atoms with E-state index in [0.717, 1.165) is 13.1 Å². The number of nitrogens with one attached hydrogen (secondary N) is 1. The van der Waals surface area contributed by atoms with Gasteiger partial charge in [0.05, 0.1) is 0 Å². The van der Waals surface area contributed by atoms with Crippen molar-refractivity contribution < 1.29 is 0 Å². The number of hydrogen-bond donors (Lipinski definition) is 1. The molecule has 0 amide bonds. The minimum atomic E-state index is 0.535. The van der Waals surface area contributed by atoms with Crippen molar-refractivity contribution in [3.63, 3.8) is 0 Å². The Hall–Kier alpha value is -1.06. The summed E-state index contributed by atoms with van der Waals surface area (Å²) < 4.78 is 0. The highest BCUT2D eigenvalue weighted by molar-refractivity contribution is 5.56. The molecule has 1 unspecified atom stereocenters. The van der Waals surface area contributed by atoms with Gasteiger partial charge in [-0.15, -0.1) is 0 Å². The molecule has 0 spiro atoms. The Morgan fingerprint density at radius 1 is 1.33 bits per heavy atom. The monoisotopic (exact) mass is 289 g/mol. The molecule has 0 radical (unpaired) electrons. The summed E-state index contributed by atoms with van der Waals surface area (Å²) in [5.74, 6) is 0. The summed E-state index contributed by atoms with van der Waals surface area (Å²) in [6.07, 6.45) is 2.63. The molecule has 21 heavy (non-hydrogen) atoms. The Bertz CT molecular complexity index is 454. The summed E-state index contributed by atoms with van der Waals surface area (Å²) in [7, 11) is 4.34. The topological polar surface area (TPSA) is 18.5 Å². The van der Waals surface area contributed by atoms with Crippen LogP contribution in [0.1, 0.15) is 37.8 Å². The van der Waals surface area contributed by atoms with Gasteiger partial charge in [-0.05, 0) is 51.1 Å². The van der Waals surface area contributed by atoms with Crippen LogP contribution < -0.4 is 10.2 Å². The molecule has 1 aromatic carbocycles. The van der Waals surface area contributed by atoms with E-state index < -0.39 is 0 Å². The van der Waals surface area contributed by atoms with E-state index in [-0.39, 0.29) is 0 Å². The molecule has 1 fully saturated rings. The zero-order valence-corrected chi connectivity index (χ0v) is 14.3. The summed E-state index contributed by atoms with van der Waals surface area (Å²) in [6.45, 7) is 9.94. The highest BCUT2D eigenvalue weighted by atomic mass is 15.2. The van der Waals surface area contributed by atoms with E-state index >= 15 is 0 Å². The number of rotatable bonds is 6. The first-order chi connectivity index (χ1) is 9.97. The van der Waals surface area contributed by atoms with Crippen molar-refractivity contribution in [3.8, 4) is 0 Å². The Morgan fingerprint density at radius 2 is 2.10 bits per heavy atom. The van der Waals surface area contributed by atoms with Crippen molar-refractivity contribution >= 4 is 5.69 Å². The van der Waals surface area contributed by atoms with Gasteiger partial charge in [-0.2, -0.15) is 0 Å². The molecule has 2 rings (SSSR count). The second-order valence-corrected chi connectivity index (χ2v) is 6.91. The molecule has 1 aromatic rings. The highest BCUT2D eigenvalue weighted by Crippen LogP contribution is 2.29. The molecule has 118 valence electrons. The maximum absolute atomic E-state index is 3.49. The smallest absolute Gasteiger partial charge is 0.0417 e. The molecular formula is C18H31N3. The van der Waals surface area contributed by atoms with Gasteiger partial charge >= 0.3 is 0 Å². The zero-order chi connectivity index (χ0) is 15.4. The molecular weight excluding hydrogens is 258 g/mol. The van der Waals surface area contributed by atoms with Crippen molar-refractivity contribution in [3.05, 3.63) is 29.3 Å². The molecule has 3 heteroatoms. The van der Waals surface area contributed by atoms with Crippen LogP contribution in [-0.4, -0.2) is 44.2 Å². The van der Waals surface area contributed by atoms with Crippen LogP contribution in [0.25, 0.3) is 0 Å². The van der Waals surface area contributed by atoms with Gasteiger partial charge in [0.2, 0.25) is 0 Å². The molecule has 0 aliphatic carbocycles. The molecule has 0 aromatic heterocycles. The highest BCUT2D eigenvalue weighted by Gasteiger charge is 2.26. The molecule has 0 bridgehead atoms. The van der Waals surface area contributed by atoms with Crippen molar-refractivity contribution in [1.82, 2.24) is 10.2 Å². The van der Waals surface area contributed by atoms with Crippen molar-refractivity contribution in [1.29, 1.82) is 0 Å². The number of anilines is 1. The number of nitrogens with zero attached hydrogens (tertiary/aromatic N) is 2. The minimum absolute atomic E-state index is 0.535. The van der Waals surface area contributed by atoms with E-state index in [0.29, 0.717) is 12.1 Å². The standard InChI is InChI=1S/C18H31N3/c1-14(2)19-12-16-8-9-18(15(3)11-16)21-10-6-7-17(21)13-20(4)5/h8-9,11,14,17,19H,6-7,10,12-13H2,1-5H3. The molecule has 1 aliphatic rings. The molecule has 3 nitrogen and oxygen atoms in total. The fourth-order valence-electron chi connectivity index (χ4n) is 3.24. The first-order valence-corrected chi connectivity index (χ1v) is 8.21. The number of aryl methyl sites for hydroxylation is 1. The van der Waals surface area contributed by atoms with Gasteiger partial charge in [-0.25, -0.2) is 0 Å². The van der Waals surface area contributed by atoms with Gasteiger partial charge in [-0.3, -0.25) is 0 Å². The van der Waals surface area contributed by atoms with E-state index in [2.05, 4.69) is 68.2 Å². The Morgan fingerprint density at radius 3 is 2.71 bits per heavy atom. The fourth-order valence-corrected chi connectivity index (χ4v) is 3.24. The van der Waals surface area contributed by atoms with Crippen molar-refractivity contribution in [2.24, 2.45) is 0 Å². The second kappa shape index (κ2) is 7.28. The Balaban J connectivity index is 2.09. The third kappa shape index (κ3) is 4.45. The third-order valence-corrected chi connectivity index (χ3v) is 4.24. The minimum Gasteiger partial charge on any atom is -0.367 e. The van der Waals surface area contributed by atoms with Crippen LogP contribution >= 0.6 is 0 Å². The summed E-state index contributed by atoms with van der Waals surface area (Å²) in [5.41, 5.74) is 4.21. The summed E-state index contributed by atoms with van der Waals surface area (Å²) in [6, 6.07) is 8.14. The van der Waals surface area contributed by atoms with E-state index in [1.54, 1.807) is 0 Å². The molecule has 0 saturated carbocycles. The lowest BCUT2D eigenvalue weighted by Crippen LogP contribution is -2.37. The quantitative estimate of drug-likeness (QED) is 0.868. The van der Waals surface area contributed by atoms with Gasteiger partial charge in [0, 0.05) is 37.4 Å². The Labute approximate surface area is 130 Å². The fraction of sp³-hybridized carbons (Fsp3) is 0.667. The normalized spacial score (nSPS) is 19.0. The lowest BCUT2D eigenvalue weighted by Gasteiger charge is -2.30. The van der Waals surface area contributed by atoms with Crippen LogP contribution in [0, 0.1) is 6.92 Å². The summed E-state index contributed by atoms with van der Waals surface area (Å²) in [4.78, 5) is 4.91. The van der Waals surface area contributed by atoms with Crippen LogP contribution in [0.15, 0.2) is 18.2 Å². The third-order valence-electron chi connectivity index (χ3n) is 4.24. The first kappa shape index (κ1) is 16.3. The lowest BCUT2D eigenvalue weighted by molar-refractivity contribution is 0.372. The zero-order valence-electron chi connectivity index (χ0n) is 14.3. The van der Waals surface area contributed by atoms with Gasteiger partial charge in [0.15, 0.2) is 0 Å². The maximum Gasteiger partial charge on any atom is 0.0417 e. The van der Waals surface area contributed by atoms with E-state index in [1.807, 2.05) is 0 Å². The first-order valence-electron chi connectivity index (χ1n) is 8.21. The van der Waals surface area contributed by atoms with Gasteiger partial charge in [-0.1, -0.05) is 26.0 Å². The van der Waals surface area contributed by atoms with Crippen molar-refractivity contribution in [2.45, 2.75) is 52.2 Å². The van der Waals surface area contributed by atoms with Crippen LogP contribution in [0.4, 0.5) is 5.69 Å². The van der Waals surface area contributed by atoms with E-state index in [9.17, 15) is 0 Å². The largest absolute Gasteiger partial charge is 0.367 e. The molecule has 1 atom stereocenters. The van der Waals surface area contributed by atoms with Gasteiger partial charge < -0.3 is 15.1 Å². The average molecular weight is 289 g/mol. The molecule has 1 aliphatic heterocycles. The predicted molar refractivity (Wildman–Crippen MR) is 92.1 cm³/mol. The van der Waals surface area contributed by atoms with Crippen molar-refractivity contribution in [2.75, 3.05) is 32.1 Å². The number of hydrogen-bond acceptors (Lipinski definition) is 3. The van der Waals surface area contributed by atoms with E-state index in [1.165, 1.54) is 36.2 Å². The molecule has 1 heterocycles. The SMILES string of the molecule is Cc1cc(CNC(C)C)ccc1N1CCCC1CN(C)C. The van der Waals surface area contributed by atoms with Crippen LogP contribution in [0.2, 0.25) is 0 Å². The predicted octanol–water partition coefficient (Wildman–Crippen LogP) is 3.02. The number of benzene rings is 1. The maximum atomic E-state index is 3.49. The summed E-state index contributed by atoms with van der Waals surface area (Å²) in [5, 5.41) is 3.49. The van der Waals surface area contributed by atoms with E-state index in [4.69, 9.17) is 0 Å². The molecule has 1 saturated heterocycles. The molecule has 1 N–H and O–H groups in total. The summed E-state index contributed by atoms with van der Waals surface area (Å²) >= 11 is 0. The second-order valence-electron chi connectivity index (χ2n) is 6.91. The Kier molecular flexibility index (Phi) is 5.65. The van der Waals surface area contributed by atoms with Gasteiger partial charge in [0.1, 0.15) is 0 Å². The average Bonchev–Trinajstić information content (AvgIpc) is 2.83. The lowest BCUT2D eigenvalue weighted by atomic mass is 10.1. The van der Waals surface area contributed by atoms with Crippen LogP contribution in [-0.2, 0) is 6.54 Å². The number of likely N-dealkylation sites (N-methyl/N-ethyl adjacent to an activating group) is 1. The van der Waals surface area contributed by atoms with Crippen LogP contribution in [0.3, 0.4) is 0 Å².